The highest BCUT2D eigenvalue weighted by atomic mass is 127. The third kappa shape index (κ3) is 7.93. The molecule has 0 amide bonds. The van der Waals surface area contributed by atoms with Gasteiger partial charge in [-0.05, 0) is 31.5 Å². The third-order valence-corrected chi connectivity index (χ3v) is 5.15. The van der Waals surface area contributed by atoms with Crippen LogP contribution in [0, 0.1) is 0 Å². The van der Waals surface area contributed by atoms with Crippen LogP contribution < -0.4 is 10.2 Å². The van der Waals surface area contributed by atoms with Gasteiger partial charge in [0.1, 0.15) is 5.82 Å². The molecule has 1 aromatic carbocycles. The molecule has 1 aliphatic rings. The van der Waals surface area contributed by atoms with Crippen LogP contribution in [0.15, 0.2) is 59.7 Å². The summed E-state index contributed by atoms with van der Waals surface area (Å²) in [5, 5.41) is 13.7. The fourth-order valence-corrected chi connectivity index (χ4v) is 3.43. The SMILES string of the molecule is CCNC(=NCC(O)COC(C)c1ccccc1)N1CCN(c2ccccn2)CC1.I. The molecular weight excluding hydrogens is 505 g/mol. The Kier molecular flexibility index (Phi) is 11.0. The lowest BCUT2D eigenvalue weighted by Gasteiger charge is -2.37. The van der Waals surface area contributed by atoms with Gasteiger partial charge in [-0.2, -0.15) is 0 Å². The van der Waals surface area contributed by atoms with Crippen molar-refractivity contribution in [3.05, 3.63) is 60.3 Å². The summed E-state index contributed by atoms with van der Waals surface area (Å²) in [6.45, 7) is 8.91. The molecule has 2 unspecified atom stereocenters. The van der Waals surface area contributed by atoms with E-state index in [1.54, 1.807) is 0 Å². The summed E-state index contributed by atoms with van der Waals surface area (Å²) >= 11 is 0. The van der Waals surface area contributed by atoms with Crippen molar-refractivity contribution in [2.75, 3.05) is 50.8 Å². The van der Waals surface area contributed by atoms with E-state index >= 15 is 0 Å². The molecule has 1 aromatic heterocycles. The van der Waals surface area contributed by atoms with Gasteiger partial charge in [0.2, 0.25) is 0 Å². The van der Waals surface area contributed by atoms with Gasteiger partial charge in [-0.1, -0.05) is 36.4 Å². The van der Waals surface area contributed by atoms with Crippen molar-refractivity contribution >= 4 is 35.8 Å². The van der Waals surface area contributed by atoms with Crippen molar-refractivity contribution in [1.82, 2.24) is 15.2 Å². The number of aromatic nitrogens is 1. The summed E-state index contributed by atoms with van der Waals surface area (Å²) in [5.41, 5.74) is 1.10. The summed E-state index contributed by atoms with van der Waals surface area (Å²) in [6.07, 6.45) is 1.13. The van der Waals surface area contributed by atoms with Crippen molar-refractivity contribution in [3.8, 4) is 0 Å². The smallest absolute Gasteiger partial charge is 0.194 e. The van der Waals surface area contributed by atoms with Crippen molar-refractivity contribution in [2.24, 2.45) is 4.99 Å². The summed E-state index contributed by atoms with van der Waals surface area (Å²) in [7, 11) is 0. The van der Waals surface area contributed by atoms with Gasteiger partial charge in [0.25, 0.3) is 0 Å². The van der Waals surface area contributed by atoms with Gasteiger partial charge in [-0.25, -0.2) is 4.98 Å². The van der Waals surface area contributed by atoms with Gasteiger partial charge in [-0.3, -0.25) is 4.99 Å². The van der Waals surface area contributed by atoms with E-state index in [4.69, 9.17) is 4.74 Å². The average Bonchev–Trinajstić information content (AvgIpc) is 2.81. The zero-order chi connectivity index (χ0) is 21.2. The summed E-state index contributed by atoms with van der Waals surface area (Å²) in [4.78, 5) is 13.6. The molecule has 0 saturated carbocycles. The Bertz CT molecular complexity index is 770. The quantitative estimate of drug-likeness (QED) is 0.306. The monoisotopic (exact) mass is 539 g/mol. The van der Waals surface area contributed by atoms with E-state index in [9.17, 15) is 5.11 Å². The second-order valence-corrected chi connectivity index (χ2v) is 7.40. The molecule has 1 saturated heterocycles. The first-order valence-corrected chi connectivity index (χ1v) is 10.7. The maximum Gasteiger partial charge on any atom is 0.194 e. The first kappa shape index (κ1) is 25.4. The maximum absolute atomic E-state index is 10.4. The minimum Gasteiger partial charge on any atom is -0.389 e. The molecule has 7 nitrogen and oxygen atoms in total. The third-order valence-electron chi connectivity index (χ3n) is 5.15. The van der Waals surface area contributed by atoms with Gasteiger partial charge >= 0.3 is 0 Å². The Balaban J connectivity index is 0.00000341. The Labute approximate surface area is 202 Å². The molecule has 0 aliphatic carbocycles. The lowest BCUT2D eigenvalue weighted by molar-refractivity contribution is 0.00104. The highest BCUT2D eigenvalue weighted by Crippen LogP contribution is 2.16. The van der Waals surface area contributed by atoms with E-state index in [0.29, 0.717) is 6.54 Å². The number of aliphatic imine (C=N–C) groups is 1. The van der Waals surface area contributed by atoms with Gasteiger partial charge in [0.15, 0.2) is 5.96 Å². The van der Waals surface area contributed by atoms with Crippen LogP contribution in [-0.4, -0.2) is 72.9 Å². The molecule has 2 aromatic rings. The number of nitrogens with one attached hydrogen (secondary N) is 1. The number of rotatable bonds is 8. The number of piperazine rings is 1. The van der Waals surface area contributed by atoms with Crippen LogP contribution >= 0.6 is 24.0 Å². The predicted octanol–water partition coefficient (Wildman–Crippen LogP) is 2.93. The molecule has 2 atom stereocenters. The number of benzene rings is 1. The minimum absolute atomic E-state index is 0. The van der Waals surface area contributed by atoms with Gasteiger partial charge in [0.05, 0.1) is 25.4 Å². The van der Waals surface area contributed by atoms with Gasteiger partial charge in [0, 0.05) is 38.9 Å². The highest BCUT2D eigenvalue weighted by molar-refractivity contribution is 14.0. The van der Waals surface area contributed by atoms with Crippen LogP contribution in [-0.2, 0) is 4.74 Å². The fraction of sp³-hybridized carbons (Fsp3) is 0.478. The van der Waals surface area contributed by atoms with Crippen LogP contribution in [0.25, 0.3) is 0 Å². The zero-order valence-corrected chi connectivity index (χ0v) is 20.7. The molecule has 3 rings (SSSR count). The highest BCUT2D eigenvalue weighted by Gasteiger charge is 2.20. The number of anilines is 1. The molecule has 0 spiro atoms. The Hall–Kier alpha value is -1.91. The molecule has 2 heterocycles. The number of aliphatic hydroxyl groups excluding tert-OH is 1. The standard InChI is InChI=1S/C23H33N5O2.HI/c1-3-24-23(28-15-13-27(14-16-28)22-11-7-8-12-25-22)26-17-21(29)18-30-19(2)20-9-5-4-6-10-20;/h4-12,19,21,29H,3,13-18H2,1-2H3,(H,24,26);1H. The molecule has 0 radical (unpaired) electrons. The summed E-state index contributed by atoms with van der Waals surface area (Å²) in [6, 6.07) is 16.0. The summed E-state index contributed by atoms with van der Waals surface area (Å²) in [5.74, 6) is 1.85. The number of aliphatic hydroxyl groups is 1. The molecule has 170 valence electrons. The molecule has 8 heteroatoms. The number of nitrogens with zero attached hydrogens (tertiary/aromatic N) is 4. The molecule has 1 aliphatic heterocycles. The molecule has 2 N–H and O–H groups in total. The van der Waals surface area contributed by atoms with Gasteiger partial charge < -0.3 is 25.0 Å². The first-order valence-electron chi connectivity index (χ1n) is 10.7. The lowest BCUT2D eigenvalue weighted by atomic mass is 10.1. The van der Waals surface area contributed by atoms with E-state index in [1.165, 1.54) is 0 Å². The van der Waals surface area contributed by atoms with Crippen molar-refractivity contribution < 1.29 is 9.84 Å². The number of pyridine rings is 1. The fourth-order valence-electron chi connectivity index (χ4n) is 3.43. The Morgan fingerprint density at radius 3 is 2.48 bits per heavy atom. The predicted molar refractivity (Wildman–Crippen MR) is 136 cm³/mol. The van der Waals surface area contributed by atoms with E-state index in [0.717, 1.165) is 50.1 Å². The molecule has 0 bridgehead atoms. The number of guanidine groups is 1. The topological polar surface area (TPSA) is 73.2 Å². The van der Waals surface area contributed by atoms with E-state index in [-0.39, 0.29) is 36.7 Å². The van der Waals surface area contributed by atoms with Crippen LogP contribution in [0.4, 0.5) is 5.82 Å². The maximum atomic E-state index is 10.4. The normalized spacial score (nSPS) is 16.4. The minimum atomic E-state index is -0.639. The molecule has 31 heavy (non-hydrogen) atoms. The molecular formula is C23H34IN5O2. The summed E-state index contributed by atoms with van der Waals surface area (Å²) < 4.78 is 5.82. The number of hydrogen-bond donors (Lipinski definition) is 2. The van der Waals surface area contributed by atoms with Crippen molar-refractivity contribution in [1.29, 1.82) is 0 Å². The second-order valence-electron chi connectivity index (χ2n) is 7.40. The van der Waals surface area contributed by atoms with Crippen LogP contribution in [0.3, 0.4) is 0 Å². The largest absolute Gasteiger partial charge is 0.389 e. The molecule has 1 fully saturated rings. The van der Waals surface area contributed by atoms with E-state index in [1.807, 2.05) is 61.7 Å². The van der Waals surface area contributed by atoms with Crippen LogP contribution in [0.1, 0.15) is 25.5 Å². The van der Waals surface area contributed by atoms with Crippen molar-refractivity contribution in [2.45, 2.75) is 26.1 Å². The Morgan fingerprint density at radius 2 is 1.84 bits per heavy atom. The van der Waals surface area contributed by atoms with Crippen LogP contribution in [0.2, 0.25) is 0 Å². The number of ether oxygens (including phenoxy) is 1. The average molecular weight is 539 g/mol. The van der Waals surface area contributed by atoms with Crippen molar-refractivity contribution in [3.63, 3.8) is 0 Å². The Morgan fingerprint density at radius 1 is 1.13 bits per heavy atom. The first-order chi connectivity index (χ1) is 14.7. The lowest BCUT2D eigenvalue weighted by Crippen LogP contribution is -2.53. The number of hydrogen-bond acceptors (Lipinski definition) is 5. The zero-order valence-electron chi connectivity index (χ0n) is 18.4. The number of halogens is 1. The van der Waals surface area contributed by atoms with Gasteiger partial charge in [-0.15, -0.1) is 24.0 Å². The second kappa shape index (κ2) is 13.5. The van der Waals surface area contributed by atoms with E-state index in [2.05, 4.69) is 32.0 Å². The van der Waals surface area contributed by atoms with E-state index < -0.39 is 6.10 Å². The van der Waals surface area contributed by atoms with Crippen LogP contribution in [0.5, 0.6) is 0 Å².